The van der Waals surface area contributed by atoms with Crippen molar-refractivity contribution in [2.24, 2.45) is 0 Å². The second-order valence-corrected chi connectivity index (χ2v) is 10.2. The zero-order valence-corrected chi connectivity index (χ0v) is 18.8. The van der Waals surface area contributed by atoms with E-state index in [1.165, 1.54) is 18.2 Å². The number of ether oxygens (including phenoxy) is 2. The number of hydrogen-bond acceptors (Lipinski definition) is 5. The zero-order valence-electron chi connectivity index (χ0n) is 18.0. The molecule has 1 amide bonds. The van der Waals surface area contributed by atoms with Gasteiger partial charge in [0.1, 0.15) is 22.9 Å². The van der Waals surface area contributed by atoms with Gasteiger partial charge in [-0.25, -0.2) is 12.8 Å². The van der Waals surface area contributed by atoms with Crippen molar-refractivity contribution in [3.05, 3.63) is 59.4 Å². The monoisotopic (exact) mass is 450 g/mol. The number of nitrogens with one attached hydrogen (secondary N) is 1. The summed E-state index contributed by atoms with van der Waals surface area (Å²) in [5.41, 5.74) is 0.429. The SMILES string of the molecule is COc1ccc2c(c1)C(NC(=O)CN(Cc1ccccc1F)S(C)(=O)=O)CC(C)(C)O2. The maximum absolute atomic E-state index is 14.0. The molecule has 0 spiro atoms. The number of rotatable bonds is 7. The lowest BCUT2D eigenvalue weighted by Crippen LogP contribution is -2.45. The van der Waals surface area contributed by atoms with Gasteiger partial charge in [0, 0.05) is 24.1 Å². The van der Waals surface area contributed by atoms with Crippen molar-refractivity contribution < 1.29 is 27.1 Å². The molecule has 1 atom stereocenters. The van der Waals surface area contributed by atoms with E-state index in [2.05, 4.69) is 5.32 Å². The lowest BCUT2D eigenvalue weighted by molar-refractivity contribution is -0.122. The van der Waals surface area contributed by atoms with Gasteiger partial charge in [0.25, 0.3) is 0 Å². The number of nitrogens with zero attached hydrogens (tertiary/aromatic N) is 1. The van der Waals surface area contributed by atoms with Crippen LogP contribution in [0.15, 0.2) is 42.5 Å². The van der Waals surface area contributed by atoms with E-state index in [4.69, 9.17) is 9.47 Å². The minimum absolute atomic E-state index is 0.197. The van der Waals surface area contributed by atoms with Crippen LogP contribution in [0.25, 0.3) is 0 Å². The first-order chi connectivity index (χ1) is 14.5. The van der Waals surface area contributed by atoms with Gasteiger partial charge < -0.3 is 14.8 Å². The van der Waals surface area contributed by atoms with Crippen LogP contribution in [0, 0.1) is 5.82 Å². The van der Waals surface area contributed by atoms with Crippen LogP contribution in [0.4, 0.5) is 4.39 Å². The molecule has 0 aliphatic carbocycles. The molecule has 2 aromatic carbocycles. The first-order valence-corrected chi connectivity index (χ1v) is 11.7. The number of amides is 1. The molecule has 1 aliphatic rings. The van der Waals surface area contributed by atoms with Crippen molar-refractivity contribution in [2.75, 3.05) is 19.9 Å². The molecular weight excluding hydrogens is 423 g/mol. The molecule has 2 aromatic rings. The van der Waals surface area contributed by atoms with Gasteiger partial charge in [-0.05, 0) is 38.1 Å². The number of halogens is 1. The molecule has 1 N–H and O–H groups in total. The fourth-order valence-corrected chi connectivity index (χ4v) is 4.32. The molecule has 31 heavy (non-hydrogen) atoms. The number of sulfonamides is 1. The summed E-state index contributed by atoms with van der Waals surface area (Å²) in [4.78, 5) is 12.8. The van der Waals surface area contributed by atoms with Crippen LogP contribution in [0.3, 0.4) is 0 Å². The first kappa shape index (κ1) is 23.0. The molecule has 0 fully saturated rings. The molecule has 0 aromatic heterocycles. The average molecular weight is 451 g/mol. The lowest BCUT2D eigenvalue weighted by Gasteiger charge is -2.38. The third-order valence-corrected chi connectivity index (χ3v) is 6.30. The van der Waals surface area contributed by atoms with Gasteiger partial charge in [0.15, 0.2) is 0 Å². The lowest BCUT2D eigenvalue weighted by atomic mass is 9.89. The van der Waals surface area contributed by atoms with E-state index >= 15 is 0 Å². The molecule has 9 heteroatoms. The van der Waals surface area contributed by atoms with Gasteiger partial charge in [-0.15, -0.1) is 0 Å². The van der Waals surface area contributed by atoms with Crippen molar-refractivity contribution in [1.29, 1.82) is 0 Å². The molecule has 0 saturated heterocycles. The van der Waals surface area contributed by atoms with Crippen LogP contribution in [0.1, 0.15) is 37.4 Å². The number of benzene rings is 2. The Bertz CT molecular complexity index is 1070. The smallest absolute Gasteiger partial charge is 0.235 e. The number of methoxy groups -OCH3 is 1. The highest BCUT2D eigenvalue weighted by molar-refractivity contribution is 7.88. The Labute approximate surface area is 182 Å². The largest absolute Gasteiger partial charge is 0.497 e. The summed E-state index contributed by atoms with van der Waals surface area (Å²) in [6, 6.07) is 10.9. The van der Waals surface area contributed by atoms with E-state index in [-0.39, 0.29) is 12.1 Å². The summed E-state index contributed by atoms with van der Waals surface area (Å²) in [5, 5.41) is 2.91. The predicted molar refractivity (Wildman–Crippen MR) is 115 cm³/mol. The molecular formula is C22H27FN2O5S. The minimum atomic E-state index is -3.75. The standard InChI is InChI=1S/C22H27FN2O5S/c1-22(2)12-19(17-11-16(29-3)9-10-20(17)30-22)24-21(26)14-25(31(4,27)28)13-15-7-5-6-8-18(15)23/h5-11,19H,12-14H2,1-4H3,(H,24,26). The van der Waals surface area contributed by atoms with E-state index in [0.29, 0.717) is 17.9 Å². The maximum Gasteiger partial charge on any atom is 0.235 e. The van der Waals surface area contributed by atoms with E-state index in [1.54, 1.807) is 31.4 Å². The average Bonchev–Trinajstić information content (AvgIpc) is 2.67. The zero-order chi connectivity index (χ0) is 22.8. The van der Waals surface area contributed by atoms with Crippen LogP contribution in [-0.4, -0.2) is 44.1 Å². The van der Waals surface area contributed by atoms with Crippen molar-refractivity contribution in [3.63, 3.8) is 0 Å². The fraction of sp³-hybridized carbons (Fsp3) is 0.409. The third kappa shape index (κ3) is 5.74. The predicted octanol–water partition coefficient (Wildman–Crippen LogP) is 3.01. The topological polar surface area (TPSA) is 84.9 Å². The third-order valence-electron chi connectivity index (χ3n) is 5.10. The van der Waals surface area contributed by atoms with E-state index in [1.807, 2.05) is 13.8 Å². The molecule has 1 heterocycles. The first-order valence-electron chi connectivity index (χ1n) is 9.83. The Balaban J connectivity index is 1.80. The number of carbonyl (C=O) groups is 1. The van der Waals surface area contributed by atoms with Gasteiger partial charge in [0.05, 0.1) is 26.0 Å². The molecule has 7 nitrogen and oxygen atoms in total. The summed E-state index contributed by atoms with van der Waals surface area (Å²) < 4.78 is 50.8. The summed E-state index contributed by atoms with van der Waals surface area (Å²) in [6.07, 6.45) is 1.49. The van der Waals surface area contributed by atoms with Crippen molar-refractivity contribution in [1.82, 2.24) is 9.62 Å². The Morgan fingerprint density at radius 1 is 1.29 bits per heavy atom. The molecule has 1 unspecified atom stereocenters. The summed E-state index contributed by atoms with van der Waals surface area (Å²) in [5.74, 6) is 0.245. The second-order valence-electron chi connectivity index (χ2n) is 8.21. The Morgan fingerprint density at radius 2 is 2.00 bits per heavy atom. The highest BCUT2D eigenvalue weighted by atomic mass is 32.2. The van der Waals surface area contributed by atoms with Crippen LogP contribution < -0.4 is 14.8 Å². The molecule has 3 rings (SSSR count). The van der Waals surface area contributed by atoms with Gasteiger partial charge >= 0.3 is 0 Å². The Kier molecular flexibility index (Phi) is 6.56. The molecule has 1 aliphatic heterocycles. The normalized spacial score (nSPS) is 17.5. The van der Waals surface area contributed by atoms with E-state index in [9.17, 15) is 17.6 Å². The molecule has 168 valence electrons. The Morgan fingerprint density at radius 3 is 2.65 bits per heavy atom. The molecule has 0 saturated carbocycles. The van der Waals surface area contributed by atoms with Crippen molar-refractivity contribution >= 4 is 15.9 Å². The van der Waals surface area contributed by atoms with Crippen LogP contribution in [0.5, 0.6) is 11.5 Å². The maximum atomic E-state index is 14.0. The fourth-order valence-electron chi connectivity index (χ4n) is 3.60. The van der Waals surface area contributed by atoms with Crippen molar-refractivity contribution in [3.8, 4) is 11.5 Å². The quantitative estimate of drug-likeness (QED) is 0.701. The van der Waals surface area contributed by atoms with Gasteiger partial charge in [-0.3, -0.25) is 4.79 Å². The number of hydrogen-bond donors (Lipinski definition) is 1. The van der Waals surface area contributed by atoms with Gasteiger partial charge in [0.2, 0.25) is 15.9 Å². The highest BCUT2D eigenvalue weighted by Gasteiger charge is 2.35. The Hall–Kier alpha value is -2.65. The van der Waals surface area contributed by atoms with Gasteiger partial charge in [-0.2, -0.15) is 4.31 Å². The molecule has 0 bridgehead atoms. The highest BCUT2D eigenvalue weighted by Crippen LogP contribution is 2.41. The second kappa shape index (κ2) is 8.84. The molecule has 0 radical (unpaired) electrons. The van der Waals surface area contributed by atoms with Gasteiger partial charge in [-0.1, -0.05) is 18.2 Å². The number of carbonyl (C=O) groups excluding carboxylic acids is 1. The van der Waals surface area contributed by atoms with Crippen LogP contribution in [0.2, 0.25) is 0 Å². The minimum Gasteiger partial charge on any atom is -0.497 e. The summed E-state index contributed by atoms with van der Waals surface area (Å²) in [6.45, 7) is 3.17. The summed E-state index contributed by atoms with van der Waals surface area (Å²) >= 11 is 0. The van der Waals surface area contributed by atoms with Crippen molar-refractivity contribution in [2.45, 2.75) is 38.5 Å². The summed E-state index contributed by atoms with van der Waals surface area (Å²) in [7, 11) is -2.20. The van der Waals surface area contributed by atoms with E-state index in [0.717, 1.165) is 16.1 Å². The number of fused-ring (bicyclic) bond motifs is 1. The van der Waals surface area contributed by atoms with Crippen LogP contribution >= 0.6 is 0 Å². The van der Waals surface area contributed by atoms with E-state index < -0.39 is 39.9 Å². The van der Waals surface area contributed by atoms with Crippen LogP contribution in [-0.2, 0) is 21.4 Å².